The minimum atomic E-state index is 0.159. The van der Waals surface area contributed by atoms with Crippen molar-refractivity contribution in [2.75, 3.05) is 23.7 Å². The largest absolute Gasteiger partial charge is 0.368 e. The SMILES string of the molecule is CC1CCN(c2nc(N)nc(Cl)n2)C1. The molecule has 0 aromatic carbocycles. The third kappa shape index (κ3) is 1.87. The highest BCUT2D eigenvalue weighted by Gasteiger charge is 2.21. The Labute approximate surface area is 87.3 Å². The Kier molecular flexibility index (Phi) is 2.41. The van der Waals surface area contributed by atoms with Crippen molar-refractivity contribution in [3.8, 4) is 0 Å². The summed E-state index contributed by atoms with van der Waals surface area (Å²) < 4.78 is 0. The van der Waals surface area contributed by atoms with E-state index in [0.717, 1.165) is 19.5 Å². The van der Waals surface area contributed by atoms with Crippen LogP contribution in [0, 0.1) is 5.92 Å². The van der Waals surface area contributed by atoms with E-state index < -0.39 is 0 Å². The number of hydrogen-bond donors (Lipinski definition) is 1. The van der Waals surface area contributed by atoms with Crippen LogP contribution < -0.4 is 10.6 Å². The normalized spacial score (nSPS) is 21.6. The summed E-state index contributed by atoms with van der Waals surface area (Å²) in [5.41, 5.74) is 5.49. The van der Waals surface area contributed by atoms with Crippen LogP contribution in [0.3, 0.4) is 0 Å². The van der Waals surface area contributed by atoms with Gasteiger partial charge in [0.25, 0.3) is 0 Å². The summed E-state index contributed by atoms with van der Waals surface area (Å²) in [5.74, 6) is 1.44. The number of nitrogen functional groups attached to an aromatic ring is 1. The summed E-state index contributed by atoms with van der Waals surface area (Å²) >= 11 is 5.70. The van der Waals surface area contributed by atoms with E-state index in [9.17, 15) is 0 Å². The van der Waals surface area contributed by atoms with Crippen molar-refractivity contribution in [1.29, 1.82) is 0 Å². The smallest absolute Gasteiger partial charge is 0.231 e. The van der Waals surface area contributed by atoms with Crippen LogP contribution in [0.2, 0.25) is 5.28 Å². The summed E-state index contributed by atoms with van der Waals surface area (Å²) in [7, 11) is 0. The quantitative estimate of drug-likeness (QED) is 0.753. The van der Waals surface area contributed by atoms with Gasteiger partial charge in [0, 0.05) is 13.1 Å². The predicted octanol–water partition coefficient (Wildman–Crippen LogP) is 0.953. The van der Waals surface area contributed by atoms with Gasteiger partial charge in [-0.05, 0) is 23.9 Å². The molecule has 2 heterocycles. The molecule has 0 bridgehead atoms. The third-order valence-electron chi connectivity index (χ3n) is 2.32. The number of rotatable bonds is 1. The van der Waals surface area contributed by atoms with Gasteiger partial charge in [0.1, 0.15) is 0 Å². The number of nitrogens with two attached hydrogens (primary N) is 1. The molecule has 0 radical (unpaired) electrons. The fourth-order valence-electron chi connectivity index (χ4n) is 1.61. The molecular weight excluding hydrogens is 202 g/mol. The molecule has 1 fully saturated rings. The number of hydrogen-bond acceptors (Lipinski definition) is 5. The average molecular weight is 214 g/mol. The summed E-state index contributed by atoms with van der Waals surface area (Å²) in [5, 5.41) is 0.159. The summed E-state index contributed by atoms with van der Waals surface area (Å²) in [6, 6.07) is 0. The standard InChI is InChI=1S/C8H12ClN5/c1-5-2-3-14(4-5)8-12-6(9)11-7(10)13-8/h5H,2-4H2,1H3,(H2,10,11,12,13). The monoisotopic (exact) mass is 213 g/mol. The summed E-state index contributed by atoms with van der Waals surface area (Å²) in [4.78, 5) is 13.9. The minimum absolute atomic E-state index is 0.159. The Morgan fingerprint density at radius 1 is 1.43 bits per heavy atom. The molecule has 14 heavy (non-hydrogen) atoms. The van der Waals surface area contributed by atoms with E-state index in [-0.39, 0.29) is 11.2 Å². The zero-order valence-electron chi connectivity index (χ0n) is 7.94. The molecule has 0 saturated carbocycles. The van der Waals surface area contributed by atoms with Crippen molar-refractivity contribution in [2.45, 2.75) is 13.3 Å². The molecule has 1 aromatic rings. The zero-order chi connectivity index (χ0) is 10.1. The predicted molar refractivity (Wildman–Crippen MR) is 55.2 cm³/mol. The maximum absolute atomic E-state index is 5.70. The first-order valence-corrected chi connectivity index (χ1v) is 4.95. The van der Waals surface area contributed by atoms with Crippen LogP contribution in [0.1, 0.15) is 13.3 Å². The van der Waals surface area contributed by atoms with E-state index in [4.69, 9.17) is 17.3 Å². The lowest BCUT2D eigenvalue weighted by molar-refractivity contribution is 0.658. The van der Waals surface area contributed by atoms with Gasteiger partial charge in [-0.15, -0.1) is 0 Å². The number of aromatic nitrogens is 3. The van der Waals surface area contributed by atoms with Crippen LogP contribution in [0.5, 0.6) is 0 Å². The Hall–Kier alpha value is -1.10. The molecule has 5 nitrogen and oxygen atoms in total. The van der Waals surface area contributed by atoms with Gasteiger partial charge in [-0.2, -0.15) is 15.0 Å². The van der Waals surface area contributed by atoms with Gasteiger partial charge >= 0.3 is 0 Å². The number of halogens is 1. The minimum Gasteiger partial charge on any atom is -0.368 e. The number of nitrogens with zero attached hydrogens (tertiary/aromatic N) is 4. The lowest BCUT2D eigenvalue weighted by atomic mass is 10.2. The van der Waals surface area contributed by atoms with Gasteiger partial charge in [-0.25, -0.2) is 0 Å². The van der Waals surface area contributed by atoms with E-state index in [1.165, 1.54) is 0 Å². The maximum Gasteiger partial charge on any atom is 0.231 e. The molecule has 0 amide bonds. The second-order valence-corrected chi connectivity index (χ2v) is 3.94. The first-order valence-electron chi connectivity index (χ1n) is 4.57. The molecule has 1 aliphatic rings. The molecule has 2 rings (SSSR count). The second-order valence-electron chi connectivity index (χ2n) is 3.60. The van der Waals surface area contributed by atoms with Crippen LogP contribution in [-0.4, -0.2) is 28.0 Å². The van der Waals surface area contributed by atoms with E-state index in [1.54, 1.807) is 0 Å². The third-order valence-corrected chi connectivity index (χ3v) is 2.49. The van der Waals surface area contributed by atoms with Gasteiger partial charge in [0.15, 0.2) is 0 Å². The molecule has 1 atom stereocenters. The second kappa shape index (κ2) is 3.57. The summed E-state index contributed by atoms with van der Waals surface area (Å²) in [6.07, 6.45) is 1.16. The molecule has 1 aromatic heterocycles. The Balaban J connectivity index is 2.23. The van der Waals surface area contributed by atoms with Crippen LogP contribution >= 0.6 is 11.6 Å². The molecule has 0 aliphatic carbocycles. The molecule has 1 saturated heterocycles. The van der Waals surface area contributed by atoms with Crippen LogP contribution in [0.15, 0.2) is 0 Å². The van der Waals surface area contributed by atoms with E-state index in [1.807, 2.05) is 0 Å². The lowest BCUT2D eigenvalue weighted by Crippen LogP contribution is -2.22. The van der Waals surface area contributed by atoms with E-state index >= 15 is 0 Å². The van der Waals surface area contributed by atoms with Crippen molar-refractivity contribution in [3.63, 3.8) is 0 Å². The van der Waals surface area contributed by atoms with Gasteiger partial charge in [0.05, 0.1) is 0 Å². The van der Waals surface area contributed by atoms with Gasteiger partial charge < -0.3 is 10.6 Å². The van der Waals surface area contributed by atoms with Crippen LogP contribution in [0.25, 0.3) is 0 Å². The van der Waals surface area contributed by atoms with Crippen LogP contribution in [0.4, 0.5) is 11.9 Å². The topological polar surface area (TPSA) is 67.9 Å². The van der Waals surface area contributed by atoms with E-state index in [2.05, 4.69) is 26.8 Å². The lowest BCUT2D eigenvalue weighted by Gasteiger charge is -2.15. The van der Waals surface area contributed by atoms with Crippen molar-refractivity contribution in [2.24, 2.45) is 5.92 Å². The average Bonchev–Trinajstić information content (AvgIpc) is 2.50. The fourth-order valence-corrected chi connectivity index (χ4v) is 1.77. The van der Waals surface area contributed by atoms with Gasteiger partial charge in [-0.1, -0.05) is 6.92 Å². The molecule has 6 heteroatoms. The van der Waals surface area contributed by atoms with Gasteiger partial charge in [-0.3, -0.25) is 0 Å². The van der Waals surface area contributed by atoms with Gasteiger partial charge in [0.2, 0.25) is 17.2 Å². The maximum atomic E-state index is 5.70. The Morgan fingerprint density at radius 3 is 2.79 bits per heavy atom. The first kappa shape index (κ1) is 9.45. The van der Waals surface area contributed by atoms with Crippen molar-refractivity contribution < 1.29 is 0 Å². The Bertz CT molecular complexity index is 322. The zero-order valence-corrected chi connectivity index (χ0v) is 8.70. The molecule has 76 valence electrons. The molecule has 2 N–H and O–H groups in total. The van der Waals surface area contributed by atoms with Crippen molar-refractivity contribution in [3.05, 3.63) is 5.28 Å². The highest BCUT2D eigenvalue weighted by Crippen LogP contribution is 2.21. The fraction of sp³-hybridized carbons (Fsp3) is 0.625. The van der Waals surface area contributed by atoms with E-state index in [0.29, 0.717) is 11.9 Å². The first-order chi connectivity index (χ1) is 6.65. The number of anilines is 2. The molecular formula is C8H12ClN5. The highest BCUT2D eigenvalue weighted by molar-refractivity contribution is 6.28. The van der Waals surface area contributed by atoms with Crippen molar-refractivity contribution >= 4 is 23.5 Å². The molecule has 1 aliphatic heterocycles. The Morgan fingerprint density at radius 2 is 2.21 bits per heavy atom. The molecule has 1 unspecified atom stereocenters. The van der Waals surface area contributed by atoms with Crippen molar-refractivity contribution in [1.82, 2.24) is 15.0 Å². The summed E-state index contributed by atoms with van der Waals surface area (Å²) in [6.45, 7) is 4.12. The van der Waals surface area contributed by atoms with Crippen LogP contribution in [-0.2, 0) is 0 Å². The highest BCUT2D eigenvalue weighted by atomic mass is 35.5. The molecule has 0 spiro atoms.